The third-order valence-electron chi connectivity index (χ3n) is 11.1. The molecule has 2 aliphatic carbocycles. The van der Waals surface area contributed by atoms with E-state index in [-0.39, 0.29) is 34.3 Å². The Morgan fingerprint density at radius 3 is 2.76 bits per heavy atom. The topological polar surface area (TPSA) is 75.7 Å². The molecule has 0 saturated heterocycles. The Hall–Kier alpha value is -2.64. The lowest BCUT2D eigenvalue weighted by Gasteiger charge is -2.46. The fraction of sp³-hybridized carbons (Fsp3) is 0.568. The first kappa shape index (κ1) is 32.3. The van der Waals surface area contributed by atoms with Gasteiger partial charge in [0.15, 0.2) is 0 Å². The van der Waals surface area contributed by atoms with Crippen molar-refractivity contribution in [1.82, 2.24) is 4.72 Å². The smallest absolute Gasteiger partial charge is 0.263 e. The zero-order valence-electron chi connectivity index (χ0n) is 27.0. The second-order valence-electron chi connectivity index (χ2n) is 14.4. The summed E-state index contributed by atoms with van der Waals surface area (Å²) in [6.45, 7) is 10.2. The van der Waals surface area contributed by atoms with Crippen LogP contribution in [0.1, 0.15) is 87.7 Å². The van der Waals surface area contributed by atoms with Crippen molar-refractivity contribution in [2.75, 3.05) is 24.6 Å². The lowest BCUT2D eigenvalue weighted by atomic mass is 9.64. The lowest BCUT2D eigenvalue weighted by molar-refractivity contribution is -0.123. The number of ether oxygens (including phenoxy) is 1. The van der Waals surface area contributed by atoms with E-state index in [2.05, 4.69) is 40.8 Å². The number of hydrogen-bond donors (Lipinski definition) is 1. The predicted molar refractivity (Wildman–Crippen MR) is 182 cm³/mol. The van der Waals surface area contributed by atoms with Gasteiger partial charge in [0.05, 0.1) is 17.5 Å². The molecule has 1 saturated carbocycles. The van der Waals surface area contributed by atoms with Gasteiger partial charge in [-0.25, -0.2) is 4.21 Å². The van der Waals surface area contributed by atoms with Crippen LogP contribution in [0.4, 0.5) is 5.69 Å². The summed E-state index contributed by atoms with van der Waals surface area (Å²) >= 11 is 6.44. The van der Waals surface area contributed by atoms with Crippen LogP contribution in [0.2, 0.25) is 5.02 Å². The molecule has 2 aromatic rings. The minimum atomic E-state index is -1.54. The zero-order chi connectivity index (χ0) is 31.9. The van der Waals surface area contributed by atoms with E-state index in [0.29, 0.717) is 36.2 Å². The highest BCUT2D eigenvalue weighted by atomic mass is 35.5. The summed E-state index contributed by atoms with van der Waals surface area (Å²) in [5.41, 5.74) is 3.79. The molecule has 4 aliphatic rings. The molecule has 6 nitrogen and oxygen atoms in total. The summed E-state index contributed by atoms with van der Waals surface area (Å²) in [5, 5.41) is 0.539. The number of Topliss-reactive ketones (excluding diaryl/α,β-unsaturated/α-hetero) is 1. The third-order valence-corrected chi connectivity index (χ3v) is 12.8. The summed E-state index contributed by atoms with van der Waals surface area (Å²) in [7, 11) is -1.54. The number of amides is 1. The number of carbonyl (C=O) groups excluding carboxylic acids is 2. The van der Waals surface area contributed by atoms with Crippen LogP contribution in [0.25, 0.3) is 0 Å². The number of halogens is 1. The molecule has 2 aliphatic heterocycles. The van der Waals surface area contributed by atoms with Crippen molar-refractivity contribution in [3.63, 3.8) is 0 Å². The molecule has 7 atom stereocenters. The van der Waals surface area contributed by atoms with Gasteiger partial charge in [-0.15, -0.1) is 0 Å². The Morgan fingerprint density at radius 2 is 2.00 bits per heavy atom. The predicted octanol–water partition coefficient (Wildman–Crippen LogP) is 7.45. The first-order valence-electron chi connectivity index (χ1n) is 16.8. The number of carbonyl (C=O) groups is 2. The van der Waals surface area contributed by atoms with E-state index in [1.165, 1.54) is 11.1 Å². The second kappa shape index (κ2) is 13.2. The molecule has 6 rings (SSSR count). The van der Waals surface area contributed by atoms with Crippen LogP contribution in [0.5, 0.6) is 5.75 Å². The molecule has 0 radical (unpaired) electrons. The molecule has 8 heteroatoms. The molecule has 1 amide bonds. The minimum Gasteiger partial charge on any atom is -0.490 e. The fourth-order valence-electron chi connectivity index (χ4n) is 7.87. The van der Waals surface area contributed by atoms with Crippen LogP contribution in [-0.2, 0) is 27.6 Å². The maximum atomic E-state index is 13.4. The van der Waals surface area contributed by atoms with Crippen molar-refractivity contribution in [3.8, 4) is 5.75 Å². The van der Waals surface area contributed by atoms with Crippen molar-refractivity contribution in [1.29, 1.82) is 0 Å². The van der Waals surface area contributed by atoms with E-state index < -0.39 is 11.0 Å². The van der Waals surface area contributed by atoms with E-state index in [0.717, 1.165) is 68.1 Å². The van der Waals surface area contributed by atoms with E-state index in [1.54, 1.807) is 6.07 Å². The first-order valence-corrected chi connectivity index (χ1v) is 18.4. The van der Waals surface area contributed by atoms with Crippen molar-refractivity contribution in [2.45, 2.75) is 83.3 Å². The van der Waals surface area contributed by atoms with E-state index >= 15 is 0 Å². The molecular weight excluding hydrogens is 604 g/mol. The average Bonchev–Trinajstić information content (AvgIpc) is 3.14. The van der Waals surface area contributed by atoms with Gasteiger partial charge in [0.2, 0.25) is 0 Å². The fourth-order valence-corrected chi connectivity index (χ4v) is 9.08. The van der Waals surface area contributed by atoms with Crippen molar-refractivity contribution in [2.24, 2.45) is 29.6 Å². The molecular formula is C37H47ClN2O4S. The lowest BCUT2D eigenvalue weighted by Crippen LogP contribution is -2.49. The van der Waals surface area contributed by atoms with Gasteiger partial charge >= 0.3 is 0 Å². The van der Waals surface area contributed by atoms with Crippen molar-refractivity contribution < 1.29 is 18.5 Å². The SMILES string of the molecule is CC(C)C(=O)CC1/C=C/CC(C)C(C)S(=O)NC(=O)c2ccc3c(c2)N(CC2CCC12)C[C@@]1(CCCc2cc(Cl)ccc21)CO3. The molecule has 2 bridgehead atoms. The van der Waals surface area contributed by atoms with Crippen LogP contribution in [-0.4, -0.2) is 40.8 Å². The van der Waals surface area contributed by atoms with Gasteiger partial charge in [-0.2, -0.15) is 0 Å². The highest BCUT2D eigenvalue weighted by molar-refractivity contribution is 7.84. The van der Waals surface area contributed by atoms with Crippen LogP contribution in [0, 0.1) is 29.6 Å². The summed E-state index contributed by atoms with van der Waals surface area (Å²) in [6.07, 6.45) is 11.1. The van der Waals surface area contributed by atoms with Crippen LogP contribution in [0.15, 0.2) is 48.6 Å². The first-order chi connectivity index (χ1) is 21.5. The molecule has 2 aromatic carbocycles. The molecule has 1 N–H and O–H groups in total. The third kappa shape index (κ3) is 6.62. The monoisotopic (exact) mass is 650 g/mol. The number of rotatable bonds is 3. The Balaban J connectivity index is 1.41. The number of aryl methyl sites for hydroxylation is 1. The summed E-state index contributed by atoms with van der Waals surface area (Å²) < 4.78 is 22.7. The molecule has 1 fully saturated rings. The number of nitrogens with zero attached hydrogens (tertiary/aromatic N) is 1. The quantitative estimate of drug-likeness (QED) is 0.349. The number of anilines is 1. The number of allylic oxidation sites excluding steroid dienone is 2. The molecule has 1 spiro atoms. The highest BCUT2D eigenvalue weighted by Gasteiger charge is 2.44. The Bertz CT molecular complexity index is 1510. The normalized spacial score (nSPS) is 32.4. The largest absolute Gasteiger partial charge is 0.490 e. The van der Waals surface area contributed by atoms with Crippen LogP contribution < -0.4 is 14.4 Å². The Labute approximate surface area is 275 Å². The van der Waals surface area contributed by atoms with E-state index in [4.69, 9.17) is 16.3 Å². The minimum absolute atomic E-state index is 0.00930. The summed E-state index contributed by atoms with van der Waals surface area (Å²) in [5.74, 6) is 1.88. The zero-order valence-corrected chi connectivity index (χ0v) is 28.6. The van der Waals surface area contributed by atoms with Gasteiger partial charge in [-0.3, -0.25) is 14.3 Å². The summed E-state index contributed by atoms with van der Waals surface area (Å²) in [4.78, 5) is 29.0. The molecule has 242 valence electrons. The standard InChI is InChI=1S/C37H47ClN2O4S/c1-23(2)34(41)19-26-8-5-7-24(3)25(4)45(43)39-36(42)28-11-15-35-33(18-28)40(20-29-10-13-31(26)29)21-37(22-44-35)16-6-9-27-17-30(38)12-14-32(27)37/h5,8,11-12,14-15,17-18,23-26,29,31H,6-7,9-10,13,16,19-22H2,1-4H3,(H,39,42)/b8-5+/t24?,25?,26?,29?,31?,37-,45?/m0/s1. The molecule has 2 heterocycles. The van der Waals surface area contributed by atoms with Gasteiger partial charge in [0, 0.05) is 41.4 Å². The van der Waals surface area contributed by atoms with Gasteiger partial charge in [-0.1, -0.05) is 50.6 Å². The molecule has 0 aromatic heterocycles. The highest BCUT2D eigenvalue weighted by Crippen LogP contribution is 2.48. The number of ketones is 1. The molecule has 45 heavy (non-hydrogen) atoms. The number of fused-ring (bicyclic) bond motifs is 4. The van der Waals surface area contributed by atoms with Gasteiger partial charge < -0.3 is 9.64 Å². The van der Waals surface area contributed by atoms with Gasteiger partial charge in [-0.05, 0) is 111 Å². The van der Waals surface area contributed by atoms with E-state index in [9.17, 15) is 13.8 Å². The summed E-state index contributed by atoms with van der Waals surface area (Å²) in [6, 6.07) is 11.9. The van der Waals surface area contributed by atoms with Gasteiger partial charge in [0.1, 0.15) is 22.5 Å². The average molecular weight is 651 g/mol. The maximum Gasteiger partial charge on any atom is 0.263 e. The second-order valence-corrected chi connectivity index (χ2v) is 16.3. The molecule has 6 unspecified atom stereocenters. The van der Waals surface area contributed by atoms with E-state index in [1.807, 2.05) is 39.0 Å². The number of hydrogen-bond acceptors (Lipinski definition) is 5. The van der Waals surface area contributed by atoms with Gasteiger partial charge in [0.25, 0.3) is 5.91 Å². The van der Waals surface area contributed by atoms with Crippen LogP contribution in [0.3, 0.4) is 0 Å². The number of nitrogens with one attached hydrogen (secondary N) is 1. The Kier molecular flexibility index (Phi) is 9.50. The van der Waals surface area contributed by atoms with Crippen molar-refractivity contribution in [3.05, 3.63) is 70.3 Å². The van der Waals surface area contributed by atoms with Crippen molar-refractivity contribution >= 4 is 40.0 Å². The number of benzene rings is 2. The maximum absolute atomic E-state index is 13.4. The van der Waals surface area contributed by atoms with Crippen LogP contribution >= 0.6 is 11.6 Å². The Morgan fingerprint density at radius 1 is 1.18 bits per heavy atom.